The molecule has 4 amide bonds. The van der Waals surface area contributed by atoms with Gasteiger partial charge in [-0.2, -0.15) is 0 Å². The number of anilines is 2. The zero-order valence-corrected chi connectivity index (χ0v) is 27.2. The maximum atomic E-state index is 13.1. The van der Waals surface area contributed by atoms with E-state index < -0.39 is 0 Å². The quantitative estimate of drug-likeness (QED) is 0.217. The summed E-state index contributed by atoms with van der Waals surface area (Å²) in [5, 5.41) is 5.65. The van der Waals surface area contributed by atoms with Crippen LogP contribution in [0.3, 0.4) is 0 Å². The van der Waals surface area contributed by atoms with Gasteiger partial charge in [-0.15, -0.1) is 0 Å². The first-order valence-electron chi connectivity index (χ1n) is 12.0. The third-order valence-electron chi connectivity index (χ3n) is 5.69. The zero-order valence-electron chi connectivity index (χ0n) is 20.8. The van der Waals surface area contributed by atoms with Crippen LogP contribution in [-0.2, 0) is 19.2 Å². The molecule has 4 rings (SSSR count). The van der Waals surface area contributed by atoms with Crippen LogP contribution in [-0.4, -0.2) is 55.2 Å². The molecular weight excluding hydrogens is 720 g/mol. The van der Waals surface area contributed by atoms with Crippen LogP contribution in [0.4, 0.5) is 11.4 Å². The number of amides is 4. The average molecular weight is 743 g/mol. The number of hydrogen-bond donors (Lipinski definition) is 2. The highest BCUT2D eigenvalue weighted by molar-refractivity contribution is 9.10. The summed E-state index contributed by atoms with van der Waals surface area (Å²) in [6.45, 7) is 0.515. The van der Waals surface area contributed by atoms with E-state index in [2.05, 4.69) is 42.5 Å². The smallest absolute Gasteiger partial charge is 0.267 e. The number of nitrogens with zero attached hydrogens (tertiary/aromatic N) is 2. The minimum Gasteiger partial charge on any atom is -0.326 e. The molecule has 0 radical (unpaired) electrons. The second kappa shape index (κ2) is 14.2. The van der Waals surface area contributed by atoms with E-state index in [1.54, 1.807) is 24.3 Å². The molecule has 0 bridgehead atoms. The number of halogens is 2. The van der Waals surface area contributed by atoms with Crippen molar-refractivity contribution in [3.05, 3.63) is 67.3 Å². The number of carbonyl (C=O) groups is 4. The molecule has 2 aromatic rings. The van der Waals surface area contributed by atoms with Gasteiger partial charge in [0.1, 0.15) is 8.64 Å². The topological polar surface area (TPSA) is 98.8 Å². The Balaban J connectivity index is 1.28. The number of thiocarbonyl (C=S) groups is 2. The van der Waals surface area contributed by atoms with Crippen LogP contribution in [0.1, 0.15) is 25.7 Å². The number of hydrogen-bond acceptors (Lipinski definition) is 8. The van der Waals surface area contributed by atoms with Crippen LogP contribution in [0, 0.1) is 0 Å². The molecular formula is C26H22Br2N4O4S4. The van der Waals surface area contributed by atoms with Gasteiger partial charge in [0.25, 0.3) is 11.8 Å². The van der Waals surface area contributed by atoms with Crippen molar-refractivity contribution in [2.45, 2.75) is 25.7 Å². The summed E-state index contributed by atoms with van der Waals surface area (Å²) in [4.78, 5) is 54.2. The molecule has 2 saturated heterocycles. The monoisotopic (exact) mass is 740 g/mol. The van der Waals surface area contributed by atoms with Crippen molar-refractivity contribution in [3.63, 3.8) is 0 Å². The van der Waals surface area contributed by atoms with Gasteiger partial charge in [0, 0.05) is 46.3 Å². The minimum atomic E-state index is -0.365. The van der Waals surface area contributed by atoms with Gasteiger partial charge in [-0.1, -0.05) is 92.0 Å². The molecule has 2 fully saturated rings. The fraction of sp³-hybridized carbons (Fsp3) is 0.231. The second-order valence-corrected chi connectivity index (χ2v) is 13.8. The van der Waals surface area contributed by atoms with Gasteiger partial charge in [0.15, 0.2) is 0 Å². The molecule has 2 heterocycles. The number of nitrogens with one attached hydrogen (secondary N) is 2. The van der Waals surface area contributed by atoms with Gasteiger partial charge in [0.2, 0.25) is 11.8 Å². The van der Waals surface area contributed by atoms with Crippen LogP contribution in [0.2, 0.25) is 0 Å². The standard InChI is InChI=1S/C26H22Br2N4O4S4/c27-15-5-1-7-17(13-15)29-19(33)9-3-11-31-23(35)21(39-25(31)37)22-24(36)32(26(38)40-22)12-4-10-20(34)30-18-8-2-6-16(28)14-18/h1-2,5-8,13-14H,3-4,9-12H2,(H,29,33)(H,30,34). The van der Waals surface area contributed by atoms with Crippen molar-refractivity contribution in [1.29, 1.82) is 0 Å². The van der Waals surface area contributed by atoms with E-state index in [4.69, 9.17) is 24.4 Å². The highest BCUT2D eigenvalue weighted by atomic mass is 79.9. The van der Waals surface area contributed by atoms with Crippen LogP contribution >= 0.6 is 79.8 Å². The molecule has 2 aliphatic rings. The Kier molecular flexibility index (Phi) is 10.9. The molecule has 40 heavy (non-hydrogen) atoms. The highest BCUT2D eigenvalue weighted by Crippen LogP contribution is 2.42. The molecule has 0 atom stereocenters. The third kappa shape index (κ3) is 8.01. The molecule has 2 aliphatic heterocycles. The van der Waals surface area contributed by atoms with Gasteiger partial charge in [0.05, 0.1) is 9.81 Å². The number of carbonyl (C=O) groups excluding carboxylic acids is 4. The maximum absolute atomic E-state index is 13.1. The van der Waals surface area contributed by atoms with Crippen molar-refractivity contribution in [1.82, 2.24) is 9.80 Å². The van der Waals surface area contributed by atoms with Crippen molar-refractivity contribution in [3.8, 4) is 0 Å². The first kappa shape index (κ1) is 30.8. The lowest BCUT2D eigenvalue weighted by Crippen LogP contribution is -2.31. The summed E-state index contributed by atoms with van der Waals surface area (Å²) in [5.74, 6) is -1.07. The maximum Gasteiger partial charge on any atom is 0.267 e. The predicted octanol–water partition coefficient (Wildman–Crippen LogP) is 6.28. The average Bonchev–Trinajstić information content (AvgIpc) is 3.33. The summed E-state index contributed by atoms with van der Waals surface area (Å²) in [6, 6.07) is 14.6. The molecule has 8 nitrogen and oxygen atoms in total. The van der Waals surface area contributed by atoms with Crippen molar-refractivity contribution in [2.24, 2.45) is 0 Å². The molecule has 2 aromatic carbocycles. The Bertz CT molecular complexity index is 1330. The van der Waals surface area contributed by atoms with Gasteiger partial charge in [-0.3, -0.25) is 29.0 Å². The van der Waals surface area contributed by atoms with Crippen molar-refractivity contribution in [2.75, 3.05) is 23.7 Å². The molecule has 0 spiro atoms. The molecule has 2 N–H and O–H groups in total. The summed E-state index contributed by atoms with van der Waals surface area (Å²) in [7, 11) is 0. The Morgan fingerprint density at radius 3 is 1.50 bits per heavy atom. The highest BCUT2D eigenvalue weighted by Gasteiger charge is 2.41. The van der Waals surface area contributed by atoms with E-state index >= 15 is 0 Å². The Hall–Kier alpha value is -2.10. The number of thioether (sulfide) groups is 2. The minimum absolute atomic E-state index is 0.172. The van der Waals surface area contributed by atoms with Crippen LogP contribution in [0.25, 0.3) is 0 Å². The molecule has 0 aliphatic carbocycles. The lowest BCUT2D eigenvalue weighted by molar-refractivity contribution is -0.124. The SMILES string of the molecule is O=C(CCCN1C(=O)C(=C2SC(=S)N(CCCC(=O)Nc3cccc(Br)c3)C2=O)SC1=S)Nc1cccc(Br)c1. The Morgan fingerprint density at radius 2 is 1.12 bits per heavy atom. The van der Waals surface area contributed by atoms with E-state index in [1.807, 2.05) is 24.3 Å². The summed E-state index contributed by atoms with van der Waals surface area (Å²) >= 11 is 19.7. The summed E-state index contributed by atoms with van der Waals surface area (Å²) in [5.41, 5.74) is 1.36. The first-order valence-corrected chi connectivity index (χ1v) is 16.1. The third-order valence-corrected chi connectivity index (χ3v) is 9.70. The Morgan fingerprint density at radius 1 is 0.725 bits per heavy atom. The van der Waals surface area contributed by atoms with Crippen molar-refractivity contribution < 1.29 is 19.2 Å². The summed E-state index contributed by atoms with van der Waals surface area (Å²) < 4.78 is 2.38. The Labute approximate surface area is 267 Å². The van der Waals surface area contributed by atoms with E-state index in [0.29, 0.717) is 32.9 Å². The molecule has 208 valence electrons. The van der Waals surface area contributed by atoms with Gasteiger partial charge >= 0.3 is 0 Å². The first-order chi connectivity index (χ1) is 19.1. The van der Waals surface area contributed by atoms with Gasteiger partial charge in [-0.05, 0) is 49.2 Å². The summed E-state index contributed by atoms with van der Waals surface area (Å²) in [6.07, 6.45) is 1.22. The normalized spacial score (nSPS) is 17.1. The van der Waals surface area contributed by atoms with E-state index in [0.717, 1.165) is 32.5 Å². The molecule has 0 unspecified atom stereocenters. The lowest BCUT2D eigenvalue weighted by Gasteiger charge is -2.14. The van der Waals surface area contributed by atoms with E-state index in [1.165, 1.54) is 9.80 Å². The van der Waals surface area contributed by atoms with Crippen molar-refractivity contribution >= 4 is 123 Å². The van der Waals surface area contributed by atoms with Gasteiger partial charge < -0.3 is 10.6 Å². The molecule has 0 saturated carbocycles. The van der Waals surface area contributed by atoms with Crippen LogP contribution in [0.15, 0.2) is 67.3 Å². The number of rotatable bonds is 10. The lowest BCUT2D eigenvalue weighted by atomic mass is 10.2. The molecule has 0 aromatic heterocycles. The predicted molar refractivity (Wildman–Crippen MR) is 175 cm³/mol. The van der Waals surface area contributed by atoms with Crippen LogP contribution in [0.5, 0.6) is 0 Å². The molecule has 14 heteroatoms. The van der Waals surface area contributed by atoms with Crippen LogP contribution < -0.4 is 10.6 Å². The second-order valence-electron chi connectivity index (χ2n) is 8.63. The van der Waals surface area contributed by atoms with Gasteiger partial charge in [-0.25, -0.2) is 0 Å². The largest absolute Gasteiger partial charge is 0.326 e. The number of benzene rings is 2. The fourth-order valence-corrected chi connectivity index (χ4v) is 7.40. The van der Waals surface area contributed by atoms with E-state index in [-0.39, 0.29) is 59.4 Å². The zero-order chi connectivity index (χ0) is 28.8. The van der Waals surface area contributed by atoms with E-state index in [9.17, 15) is 19.2 Å². The fourth-order valence-electron chi connectivity index (χ4n) is 3.83.